The third-order valence-corrected chi connectivity index (χ3v) is 5.76. The van der Waals surface area contributed by atoms with Crippen molar-refractivity contribution in [2.24, 2.45) is 0 Å². The summed E-state index contributed by atoms with van der Waals surface area (Å²) in [5, 5.41) is 0. The fourth-order valence-corrected chi connectivity index (χ4v) is 3.59. The Morgan fingerprint density at radius 1 is 1.15 bits per heavy atom. The second-order valence-electron chi connectivity index (χ2n) is 7.50. The Balaban J connectivity index is 2.77. The Hall–Kier alpha value is -2.26. The third kappa shape index (κ3) is 4.03. The third-order valence-electron chi connectivity index (χ3n) is 5.76. The van der Waals surface area contributed by atoms with Crippen LogP contribution >= 0.6 is 0 Å². The van der Waals surface area contributed by atoms with E-state index in [-0.39, 0.29) is 17.6 Å². The molecule has 0 aliphatic carbocycles. The Bertz CT molecular complexity index is 826. The van der Waals surface area contributed by atoms with Gasteiger partial charge >= 0.3 is 0 Å². The molecule has 2 nitrogen and oxygen atoms in total. The fraction of sp³-hybridized carbons (Fsp3) is 0.375. The zero-order chi connectivity index (χ0) is 20.2. The number of nitrogens with zero attached hydrogens (tertiary/aromatic N) is 1. The Labute approximate surface area is 162 Å². The van der Waals surface area contributed by atoms with Gasteiger partial charge in [0, 0.05) is 11.6 Å². The molecule has 144 valence electrons. The predicted molar refractivity (Wildman–Crippen MR) is 111 cm³/mol. The van der Waals surface area contributed by atoms with Crippen LogP contribution in [0, 0.1) is 12.7 Å². The first-order valence-corrected chi connectivity index (χ1v) is 9.41. The molecule has 0 unspecified atom stereocenters. The molecule has 27 heavy (non-hydrogen) atoms. The Morgan fingerprint density at radius 2 is 1.78 bits per heavy atom. The maximum Gasteiger partial charge on any atom is 0.177 e. The van der Waals surface area contributed by atoms with E-state index in [9.17, 15) is 9.18 Å². The van der Waals surface area contributed by atoms with Crippen LogP contribution in [-0.4, -0.2) is 30.8 Å². The summed E-state index contributed by atoms with van der Waals surface area (Å²) in [6.07, 6.45) is 2.62. The maximum atomic E-state index is 14.2. The van der Waals surface area contributed by atoms with Crippen LogP contribution in [0.3, 0.4) is 0 Å². The lowest BCUT2D eigenvalue weighted by atomic mass is 9.65. The molecule has 0 saturated heterocycles. The second-order valence-corrected chi connectivity index (χ2v) is 7.50. The minimum Gasteiger partial charge on any atom is -0.307 e. The van der Waals surface area contributed by atoms with Crippen molar-refractivity contribution in [1.29, 1.82) is 0 Å². The number of allylic oxidation sites excluding steroid dienone is 2. The van der Waals surface area contributed by atoms with E-state index in [1.54, 1.807) is 19.1 Å². The summed E-state index contributed by atoms with van der Waals surface area (Å²) >= 11 is 0. The first-order valence-electron chi connectivity index (χ1n) is 9.41. The molecule has 0 aromatic heterocycles. The van der Waals surface area contributed by atoms with Gasteiger partial charge in [0.2, 0.25) is 0 Å². The largest absolute Gasteiger partial charge is 0.307 e. The highest BCUT2D eigenvalue weighted by atomic mass is 19.1. The second kappa shape index (κ2) is 8.62. The first-order chi connectivity index (χ1) is 12.8. The Kier molecular flexibility index (Phi) is 6.72. The number of hydrogen-bond donors (Lipinski definition) is 0. The topological polar surface area (TPSA) is 20.3 Å². The van der Waals surface area contributed by atoms with Gasteiger partial charge in [0.1, 0.15) is 5.82 Å². The van der Waals surface area contributed by atoms with Gasteiger partial charge in [0.15, 0.2) is 5.78 Å². The summed E-state index contributed by atoms with van der Waals surface area (Å²) in [5.74, 6) is -0.392. The molecule has 0 heterocycles. The van der Waals surface area contributed by atoms with Gasteiger partial charge in [-0.1, -0.05) is 54.1 Å². The molecule has 2 aromatic carbocycles. The van der Waals surface area contributed by atoms with E-state index < -0.39 is 5.41 Å². The van der Waals surface area contributed by atoms with Crippen molar-refractivity contribution >= 4 is 5.78 Å². The average Bonchev–Trinajstić information content (AvgIpc) is 2.67. The summed E-state index contributed by atoms with van der Waals surface area (Å²) in [6.45, 7) is 7.76. The van der Waals surface area contributed by atoms with E-state index in [4.69, 9.17) is 0 Å². The molecule has 0 N–H and O–H groups in total. The van der Waals surface area contributed by atoms with Crippen molar-refractivity contribution in [3.8, 4) is 0 Å². The van der Waals surface area contributed by atoms with Gasteiger partial charge in [-0.15, -0.1) is 0 Å². The minimum atomic E-state index is -0.835. The van der Waals surface area contributed by atoms with Gasteiger partial charge in [-0.2, -0.15) is 0 Å². The van der Waals surface area contributed by atoms with Crippen molar-refractivity contribution in [1.82, 2.24) is 4.90 Å². The quantitative estimate of drug-likeness (QED) is 0.471. The van der Waals surface area contributed by atoms with Crippen molar-refractivity contribution in [2.45, 2.75) is 45.6 Å². The molecule has 0 aliphatic rings. The van der Waals surface area contributed by atoms with Crippen LogP contribution in [0.2, 0.25) is 0 Å². The van der Waals surface area contributed by atoms with Crippen LogP contribution in [0.4, 0.5) is 4.39 Å². The van der Waals surface area contributed by atoms with E-state index in [2.05, 4.69) is 11.8 Å². The Morgan fingerprint density at radius 3 is 2.33 bits per heavy atom. The highest BCUT2D eigenvalue weighted by Crippen LogP contribution is 2.41. The first kappa shape index (κ1) is 21.0. The number of benzene rings is 2. The smallest absolute Gasteiger partial charge is 0.177 e. The molecule has 2 atom stereocenters. The van der Waals surface area contributed by atoms with E-state index in [0.29, 0.717) is 17.5 Å². The zero-order valence-electron chi connectivity index (χ0n) is 17.2. The van der Waals surface area contributed by atoms with E-state index in [0.717, 1.165) is 11.1 Å². The number of Topliss-reactive ketones (excluding diaryl/α,β-unsaturated/α-hetero) is 1. The van der Waals surface area contributed by atoms with Crippen LogP contribution < -0.4 is 0 Å². The molecule has 0 spiro atoms. The number of halogens is 1. The molecule has 0 saturated carbocycles. The maximum absolute atomic E-state index is 14.2. The van der Waals surface area contributed by atoms with Crippen LogP contribution in [0.1, 0.15) is 48.7 Å². The lowest BCUT2D eigenvalue weighted by molar-refractivity contribution is 0.0877. The molecule has 2 rings (SSSR count). The lowest BCUT2D eigenvalue weighted by Crippen LogP contribution is -2.43. The van der Waals surface area contributed by atoms with Crippen molar-refractivity contribution in [3.63, 3.8) is 0 Å². The molecule has 0 bridgehead atoms. The number of hydrogen-bond acceptors (Lipinski definition) is 2. The summed E-state index contributed by atoms with van der Waals surface area (Å²) in [6, 6.07) is 14.8. The highest BCUT2D eigenvalue weighted by molar-refractivity contribution is 6.07. The fourth-order valence-electron chi connectivity index (χ4n) is 3.59. The van der Waals surface area contributed by atoms with Gasteiger partial charge in [-0.25, -0.2) is 4.39 Å². The summed E-state index contributed by atoms with van der Waals surface area (Å²) in [5.41, 5.74) is 1.95. The number of rotatable bonds is 7. The normalized spacial score (nSPS) is 15.5. The number of carbonyl (C=O) groups is 1. The van der Waals surface area contributed by atoms with Crippen molar-refractivity contribution < 1.29 is 9.18 Å². The zero-order valence-corrected chi connectivity index (χ0v) is 17.2. The molecule has 0 fully saturated rings. The SMILES string of the molecule is C/C=C(\C)[C@@](C[C@H](C)N(C)C)(C(=O)c1cccc(F)c1C)c1ccccc1. The monoisotopic (exact) mass is 367 g/mol. The average molecular weight is 368 g/mol. The summed E-state index contributed by atoms with van der Waals surface area (Å²) in [7, 11) is 4.03. The molecule has 3 heteroatoms. The van der Waals surface area contributed by atoms with Gasteiger partial charge in [-0.3, -0.25) is 4.79 Å². The van der Waals surface area contributed by atoms with Crippen molar-refractivity contribution in [2.75, 3.05) is 14.1 Å². The standard InChI is InChI=1S/C24H30FNO/c1-7-17(2)24(16-18(3)26(5)6,20-12-9-8-10-13-20)23(27)21-14-11-15-22(25)19(21)4/h7-15,18H,16H2,1-6H3/b17-7+/t18-,24+/m0/s1. The van der Waals surface area contributed by atoms with Gasteiger partial charge < -0.3 is 4.90 Å². The van der Waals surface area contributed by atoms with Crippen LogP contribution in [0.5, 0.6) is 0 Å². The van der Waals surface area contributed by atoms with Crippen LogP contribution in [0.15, 0.2) is 60.2 Å². The van der Waals surface area contributed by atoms with Crippen LogP contribution in [-0.2, 0) is 5.41 Å². The van der Waals surface area contributed by atoms with E-state index in [1.807, 2.05) is 64.4 Å². The highest BCUT2D eigenvalue weighted by Gasteiger charge is 2.43. The molecule has 0 amide bonds. The molecule has 0 aliphatic heterocycles. The summed E-state index contributed by atoms with van der Waals surface area (Å²) < 4.78 is 14.2. The van der Waals surface area contributed by atoms with E-state index >= 15 is 0 Å². The molecule has 0 radical (unpaired) electrons. The predicted octanol–water partition coefficient (Wildman–Crippen LogP) is 5.56. The minimum absolute atomic E-state index is 0.0463. The molecular formula is C24H30FNO. The lowest BCUT2D eigenvalue weighted by Gasteiger charge is -2.38. The number of ketones is 1. The van der Waals surface area contributed by atoms with Gasteiger partial charge in [-0.05, 0) is 65.4 Å². The summed E-state index contributed by atoms with van der Waals surface area (Å²) in [4.78, 5) is 16.1. The van der Waals surface area contributed by atoms with Crippen LogP contribution in [0.25, 0.3) is 0 Å². The van der Waals surface area contributed by atoms with Crippen molar-refractivity contribution in [3.05, 3.63) is 82.7 Å². The van der Waals surface area contributed by atoms with Gasteiger partial charge in [0.25, 0.3) is 0 Å². The van der Waals surface area contributed by atoms with Gasteiger partial charge in [0.05, 0.1) is 5.41 Å². The molecule has 2 aromatic rings. The van der Waals surface area contributed by atoms with E-state index in [1.165, 1.54) is 6.07 Å². The number of carbonyl (C=O) groups excluding carboxylic acids is 1. The molecular weight excluding hydrogens is 337 g/mol.